The van der Waals surface area contributed by atoms with Crippen LogP contribution in [0.1, 0.15) is 16.7 Å². The number of fused-ring (bicyclic) bond motifs is 1. The number of hydrogen-bond donors (Lipinski definition) is 1. The van der Waals surface area contributed by atoms with Gasteiger partial charge in [-0.05, 0) is 46.8 Å². The number of rotatable bonds is 6. The van der Waals surface area contributed by atoms with E-state index < -0.39 is 0 Å². The molecule has 0 spiro atoms. The predicted molar refractivity (Wildman–Crippen MR) is 127 cm³/mol. The molecule has 3 aromatic carbocycles. The number of aromatic nitrogens is 1. The normalized spacial score (nSPS) is 10.8. The van der Waals surface area contributed by atoms with E-state index in [1.54, 1.807) is 0 Å². The Morgan fingerprint density at radius 2 is 1.69 bits per heavy atom. The van der Waals surface area contributed by atoms with Crippen LogP contribution in [0.15, 0.2) is 85.1 Å². The zero-order chi connectivity index (χ0) is 20.2. The Morgan fingerprint density at radius 3 is 2.48 bits per heavy atom. The first-order valence-electron chi connectivity index (χ1n) is 9.77. The van der Waals surface area contributed by atoms with Crippen molar-refractivity contribution in [2.24, 2.45) is 0 Å². The number of benzene rings is 3. The lowest BCUT2D eigenvalue weighted by atomic mass is 10.1. The molecular weight excluding hydrogens is 374 g/mol. The van der Waals surface area contributed by atoms with Crippen LogP contribution < -0.4 is 10.2 Å². The third-order valence-electron chi connectivity index (χ3n) is 5.13. The molecule has 0 saturated heterocycles. The van der Waals surface area contributed by atoms with Crippen molar-refractivity contribution in [1.29, 1.82) is 0 Å². The minimum absolute atomic E-state index is 0.721. The maximum absolute atomic E-state index is 5.65. The van der Waals surface area contributed by atoms with Crippen LogP contribution in [-0.2, 0) is 13.1 Å². The van der Waals surface area contributed by atoms with Gasteiger partial charge in [0.1, 0.15) is 4.99 Å². The molecule has 0 radical (unpaired) electrons. The third-order valence-corrected chi connectivity index (χ3v) is 5.51. The largest absolute Gasteiger partial charge is 0.378 e. The second-order valence-corrected chi connectivity index (χ2v) is 7.85. The quantitative estimate of drug-likeness (QED) is 0.449. The molecule has 0 unspecified atom stereocenters. The van der Waals surface area contributed by atoms with Gasteiger partial charge in [0.15, 0.2) is 0 Å². The van der Waals surface area contributed by atoms with Gasteiger partial charge in [0.05, 0.1) is 0 Å². The van der Waals surface area contributed by atoms with Crippen LogP contribution in [0.2, 0.25) is 0 Å². The van der Waals surface area contributed by atoms with Gasteiger partial charge in [-0.15, -0.1) is 0 Å². The van der Waals surface area contributed by atoms with Gasteiger partial charge in [0, 0.05) is 50.1 Å². The van der Waals surface area contributed by atoms with Gasteiger partial charge < -0.3 is 14.8 Å². The molecule has 0 aliphatic carbocycles. The van der Waals surface area contributed by atoms with Gasteiger partial charge in [-0.1, -0.05) is 60.7 Å². The Bertz CT molecular complexity index is 1130. The summed E-state index contributed by atoms with van der Waals surface area (Å²) in [5.41, 5.74) is 5.96. The first-order chi connectivity index (χ1) is 14.1. The Hall–Kier alpha value is -3.11. The summed E-state index contributed by atoms with van der Waals surface area (Å²) < 4.78 is 2.28. The second-order valence-electron chi connectivity index (χ2n) is 7.45. The van der Waals surface area contributed by atoms with Crippen molar-refractivity contribution in [3.63, 3.8) is 0 Å². The maximum Gasteiger partial charge on any atom is 0.106 e. The van der Waals surface area contributed by atoms with E-state index in [4.69, 9.17) is 12.2 Å². The van der Waals surface area contributed by atoms with Crippen molar-refractivity contribution >= 4 is 33.8 Å². The molecule has 4 heteroatoms. The molecule has 29 heavy (non-hydrogen) atoms. The summed E-state index contributed by atoms with van der Waals surface area (Å²) in [6.07, 6.45) is 2.14. The Balaban J connectivity index is 1.43. The van der Waals surface area contributed by atoms with Gasteiger partial charge in [0.2, 0.25) is 0 Å². The molecule has 0 aliphatic heterocycles. The zero-order valence-corrected chi connectivity index (χ0v) is 17.6. The molecule has 3 nitrogen and oxygen atoms in total. The average molecular weight is 400 g/mol. The fraction of sp³-hybridized carbons (Fsp3) is 0.160. The van der Waals surface area contributed by atoms with Gasteiger partial charge in [-0.2, -0.15) is 0 Å². The highest BCUT2D eigenvalue weighted by molar-refractivity contribution is 7.80. The average Bonchev–Trinajstić information content (AvgIpc) is 3.15. The molecule has 0 saturated carbocycles. The summed E-state index contributed by atoms with van der Waals surface area (Å²) >= 11 is 5.65. The van der Waals surface area contributed by atoms with Crippen molar-refractivity contribution in [2.75, 3.05) is 19.0 Å². The fourth-order valence-corrected chi connectivity index (χ4v) is 3.68. The van der Waals surface area contributed by atoms with Gasteiger partial charge in [-0.25, -0.2) is 0 Å². The first kappa shape index (κ1) is 19.2. The van der Waals surface area contributed by atoms with Crippen LogP contribution in [0.25, 0.3) is 10.9 Å². The van der Waals surface area contributed by atoms with E-state index in [1.807, 2.05) is 14.1 Å². The Morgan fingerprint density at radius 1 is 0.897 bits per heavy atom. The fourth-order valence-electron chi connectivity index (χ4n) is 3.48. The highest BCUT2D eigenvalue weighted by Crippen LogP contribution is 2.18. The number of nitrogens with zero attached hydrogens (tertiary/aromatic N) is 2. The Labute approximate surface area is 177 Å². The summed E-state index contributed by atoms with van der Waals surface area (Å²) in [6.45, 7) is 1.55. The van der Waals surface area contributed by atoms with Crippen LogP contribution in [-0.4, -0.2) is 23.7 Å². The number of hydrogen-bond acceptors (Lipinski definition) is 2. The van der Waals surface area contributed by atoms with Crippen LogP contribution in [0, 0.1) is 0 Å². The van der Waals surface area contributed by atoms with Crippen LogP contribution in [0.4, 0.5) is 5.69 Å². The van der Waals surface area contributed by atoms with Crippen molar-refractivity contribution in [3.8, 4) is 0 Å². The van der Waals surface area contributed by atoms with Gasteiger partial charge in [0.25, 0.3) is 0 Å². The van der Waals surface area contributed by atoms with Crippen molar-refractivity contribution in [3.05, 3.63) is 102 Å². The van der Waals surface area contributed by atoms with E-state index >= 15 is 0 Å². The number of anilines is 1. The highest BCUT2D eigenvalue weighted by Gasteiger charge is 2.05. The van der Waals surface area contributed by atoms with E-state index in [1.165, 1.54) is 27.7 Å². The molecule has 0 bridgehead atoms. The van der Waals surface area contributed by atoms with Crippen molar-refractivity contribution in [1.82, 2.24) is 9.88 Å². The van der Waals surface area contributed by atoms with E-state index in [0.29, 0.717) is 0 Å². The van der Waals surface area contributed by atoms with Crippen LogP contribution >= 0.6 is 12.2 Å². The van der Waals surface area contributed by atoms with Crippen molar-refractivity contribution < 1.29 is 0 Å². The SMILES string of the molecule is CN(C)c1ccc(CNC(=S)c2cccc(Cn3ccc4ccccc43)c2)cc1. The van der Waals surface area contributed by atoms with E-state index in [0.717, 1.165) is 23.6 Å². The first-order valence-corrected chi connectivity index (χ1v) is 10.2. The predicted octanol–water partition coefficient (Wildman–Crippen LogP) is 5.22. The molecule has 146 valence electrons. The van der Waals surface area contributed by atoms with Crippen LogP contribution in [0.5, 0.6) is 0 Å². The molecule has 1 N–H and O–H groups in total. The minimum atomic E-state index is 0.721. The molecule has 4 rings (SSSR count). The molecule has 0 amide bonds. The Kier molecular flexibility index (Phi) is 5.63. The molecule has 4 aromatic rings. The van der Waals surface area contributed by atoms with Gasteiger partial charge >= 0.3 is 0 Å². The smallest absolute Gasteiger partial charge is 0.106 e. The monoisotopic (exact) mass is 399 g/mol. The molecule has 1 aromatic heterocycles. The topological polar surface area (TPSA) is 20.2 Å². The minimum Gasteiger partial charge on any atom is -0.378 e. The number of nitrogens with one attached hydrogen (secondary N) is 1. The molecule has 0 atom stereocenters. The maximum atomic E-state index is 5.65. The zero-order valence-electron chi connectivity index (χ0n) is 16.8. The van der Waals surface area contributed by atoms with E-state index in [2.05, 4.69) is 99.8 Å². The standard InChI is InChI=1S/C25H25N3S/c1-27(2)23-12-10-19(11-13-23)17-26-25(29)22-8-5-6-20(16-22)18-28-15-14-21-7-3-4-9-24(21)28/h3-16H,17-18H2,1-2H3,(H,26,29). The molecular formula is C25H25N3S. The summed E-state index contributed by atoms with van der Waals surface area (Å²) in [5.74, 6) is 0. The van der Waals surface area contributed by atoms with E-state index in [9.17, 15) is 0 Å². The lowest BCUT2D eigenvalue weighted by molar-refractivity contribution is 0.836. The number of para-hydroxylation sites is 1. The number of thiocarbonyl (C=S) groups is 1. The van der Waals surface area contributed by atoms with Crippen molar-refractivity contribution in [2.45, 2.75) is 13.1 Å². The lowest BCUT2D eigenvalue weighted by Crippen LogP contribution is -2.22. The van der Waals surface area contributed by atoms with E-state index in [-0.39, 0.29) is 0 Å². The summed E-state index contributed by atoms with van der Waals surface area (Å²) in [7, 11) is 4.10. The molecule has 0 fully saturated rings. The lowest BCUT2D eigenvalue weighted by Gasteiger charge is -2.14. The molecule has 0 aliphatic rings. The summed E-state index contributed by atoms with van der Waals surface area (Å²) in [5, 5.41) is 4.66. The summed E-state index contributed by atoms with van der Waals surface area (Å²) in [4.78, 5) is 2.88. The molecule has 1 heterocycles. The van der Waals surface area contributed by atoms with Crippen LogP contribution in [0.3, 0.4) is 0 Å². The highest BCUT2D eigenvalue weighted by atomic mass is 32.1. The third kappa shape index (κ3) is 4.49. The second kappa shape index (κ2) is 8.50. The summed E-state index contributed by atoms with van der Waals surface area (Å²) in [6, 6.07) is 27.6. The van der Waals surface area contributed by atoms with Gasteiger partial charge in [-0.3, -0.25) is 0 Å².